The Morgan fingerprint density at radius 1 is 1.03 bits per heavy atom. The topological polar surface area (TPSA) is 108 Å². The molecule has 176 valence electrons. The van der Waals surface area contributed by atoms with Crippen molar-refractivity contribution in [2.24, 2.45) is 5.92 Å². The second-order valence-electron chi connectivity index (χ2n) is 6.96. The Morgan fingerprint density at radius 3 is 2.15 bits per heavy atom. The normalized spacial score (nSPS) is 12.2. The van der Waals surface area contributed by atoms with E-state index in [0.29, 0.717) is 5.56 Å². The summed E-state index contributed by atoms with van der Waals surface area (Å²) < 4.78 is 0. The lowest BCUT2D eigenvalue weighted by atomic mass is 9.98. The number of hydrogen-bond acceptors (Lipinski definition) is 4. The summed E-state index contributed by atoms with van der Waals surface area (Å²) in [4.78, 5) is 37.0. The quantitative estimate of drug-likeness (QED) is 0.407. The van der Waals surface area contributed by atoms with E-state index in [-0.39, 0.29) is 34.8 Å². The standard InChI is InChI=1S/C24H27N3O4.C2H6/c1-5-9-21(25-4)19(6-2)22(28)26-17-12-16(24(30)31)13-18(14-17)27-23(29)20-11-8-7-10-15(20)3;1-2/h5-14,19,21,25H,2H2,1,3-4H3,(H,26,28)(H,27,29)(H,30,31);1-2H3/b9-5-;. The largest absolute Gasteiger partial charge is 0.478 e. The zero-order valence-electron chi connectivity index (χ0n) is 19.8. The molecule has 0 spiro atoms. The van der Waals surface area contributed by atoms with Gasteiger partial charge in [0, 0.05) is 23.0 Å². The molecule has 2 aromatic carbocycles. The molecule has 2 rings (SSSR count). The SMILES string of the molecule is C=CC(C(=O)Nc1cc(NC(=O)c2ccccc2C)cc(C(=O)O)c1)C(/C=C\C)NC.CC. The number of amides is 2. The second kappa shape index (κ2) is 13.6. The summed E-state index contributed by atoms with van der Waals surface area (Å²) in [6.45, 7) is 11.4. The predicted octanol–water partition coefficient (Wildman–Crippen LogP) is 4.88. The first-order valence-corrected chi connectivity index (χ1v) is 10.8. The third-order valence-corrected chi connectivity index (χ3v) is 4.77. The fourth-order valence-corrected chi connectivity index (χ4v) is 3.17. The van der Waals surface area contributed by atoms with Gasteiger partial charge in [-0.3, -0.25) is 9.59 Å². The maximum Gasteiger partial charge on any atom is 0.335 e. The van der Waals surface area contributed by atoms with E-state index in [1.807, 2.05) is 52.0 Å². The van der Waals surface area contributed by atoms with E-state index in [0.717, 1.165) is 5.56 Å². The molecule has 33 heavy (non-hydrogen) atoms. The van der Waals surface area contributed by atoms with Crippen LogP contribution in [0.2, 0.25) is 0 Å². The zero-order valence-corrected chi connectivity index (χ0v) is 19.8. The monoisotopic (exact) mass is 451 g/mol. The highest BCUT2D eigenvalue weighted by Crippen LogP contribution is 2.22. The Balaban J connectivity index is 0.00000265. The van der Waals surface area contributed by atoms with Gasteiger partial charge in [-0.1, -0.05) is 50.3 Å². The van der Waals surface area contributed by atoms with Crippen LogP contribution in [0.25, 0.3) is 0 Å². The van der Waals surface area contributed by atoms with Crippen LogP contribution in [0.5, 0.6) is 0 Å². The molecule has 7 heteroatoms. The minimum atomic E-state index is -1.18. The molecule has 0 saturated carbocycles. The molecule has 2 unspecified atom stereocenters. The van der Waals surface area contributed by atoms with Crippen LogP contribution in [0.1, 0.15) is 47.1 Å². The van der Waals surface area contributed by atoms with Crippen molar-refractivity contribution in [1.29, 1.82) is 0 Å². The van der Waals surface area contributed by atoms with Crippen molar-refractivity contribution in [1.82, 2.24) is 5.32 Å². The zero-order chi connectivity index (χ0) is 25.0. The molecule has 0 radical (unpaired) electrons. The minimum absolute atomic E-state index is 0.0633. The molecular weight excluding hydrogens is 418 g/mol. The molecule has 0 saturated heterocycles. The predicted molar refractivity (Wildman–Crippen MR) is 134 cm³/mol. The first kappa shape index (κ1) is 27.3. The average molecular weight is 452 g/mol. The number of benzene rings is 2. The van der Waals surface area contributed by atoms with Crippen LogP contribution >= 0.6 is 0 Å². The maximum atomic E-state index is 12.8. The molecule has 2 aromatic rings. The molecule has 0 aromatic heterocycles. The lowest BCUT2D eigenvalue weighted by Gasteiger charge is -2.21. The van der Waals surface area contributed by atoms with E-state index in [9.17, 15) is 19.5 Å². The lowest BCUT2D eigenvalue weighted by Crippen LogP contribution is -2.38. The molecule has 2 atom stereocenters. The summed E-state index contributed by atoms with van der Waals surface area (Å²) in [5.74, 6) is -2.49. The van der Waals surface area contributed by atoms with Crippen LogP contribution in [0, 0.1) is 12.8 Å². The smallest absolute Gasteiger partial charge is 0.335 e. The van der Waals surface area contributed by atoms with Crippen molar-refractivity contribution in [3.63, 3.8) is 0 Å². The number of aromatic carboxylic acids is 1. The molecule has 7 nitrogen and oxygen atoms in total. The van der Waals surface area contributed by atoms with E-state index in [1.54, 1.807) is 19.2 Å². The molecular formula is C26H33N3O4. The molecule has 0 heterocycles. The number of anilines is 2. The average Bonchev–Trinajstić information content (AvgIpc) is 2.80. The number of carboxylic acid groups (broad SMARTS) is 1. The van der Waals surface area contributed by atoms with Gasteiger partial charge in [-0.15, -0.1) is 6.58 Å². The Kier molecular flexibility index (Phi) is 11.3. The van der Waals surface area contributed by atoms with Gasteiger partial charge in [0.05, 0.1) is 11.5 Å². The van der Waals surface area contributed by atoms with Crippen LogP contribution < -0.4 is 16.0 Å². The second-order valence-corrected chi connectivity index (χ2v) is 6.96. The van der Waals surface area contributed by atoms with E-state index in [4.69, 9.17) is 0 Å². The number of nitrogens with one attached hydrogen (secondary N) is 3. The van der Waals surface area contributed by atoms with Crippen molar-refractivity contribution in [2.75, 3.05) is 17.7 Å². The molecule has 0 fully saturated rings. The van der Waals surface area contributed by atoms with Crippen molar-refractivity contribution >= 4 is 29.2 Å². The molecule has 0 aliphatic heterocycles. The van der Waals surface area contributed by atoms with Gasteiger partial charge in [0.2, 0.25) is 5.91 Å². The highest BCUT2D eigenvalue weighted by Gasteiger charge is 2.23. The van der Waals surface area contributed by atoms with E-state index in [1.165, 1.54) is 24.3 Å². The van der Waals surface area contributed by atoms with E-state index in [2.05, 4.69) is 22.5 Å². The minimum Gasteiger partial charge on any atom is -0.478 e. The summed E-state index contributed by atoms with van der Waals surface area (Å²) in [6, 6.07) is 11.0. The van der Waals surface area contributed by atoms with Gasteiger partial charge in [0.25, 0.3) is 5.91 Å². The van der Waals surface area contributed by atoms with Gasteiger partial charge >= 0.3 is 5.97 Å². The van der Waals surface area contributed by atoms with Crippen molar-refractivity contribution < 1.29 is 19.5 Å². The number of likely N-dealkylation sites (N-methyl/N-ethyl adjacent to an activating group) is 1. The third-order valence-electron chi connectivity index (χ3n) is 4.77. The fraction of sp³-hybridized carbons (Fsp3) is 0.269. The molecule has 0 aliphatic carbocycles. The Bertz CT molecular complexity index is 1010. The summed E-state index contributed by atoms with van der Waals surface area (Å²) in [5, 5.41) is 17.9. The number of hydrogen-bond donors (Lipinski definition) is 4. The number of rotatable bonds is 9. The molecule has 4 N–H and O–H groups in total. The first-order chi connectivity index (χ1) is 15.8. The molecule has 0 bridgehead atoms. The summed E-state index contributed by atoms with van der Waals surface area (Å²) in [6.07, 6.45) is 5.20. The number of aryl methyl sites for hydroxylation is 1. The summed E-state index contributed by atoms with van der Waals surface area (Å²) >= 11 is 0. The van der Waals surface area contributed by atoms with Crippen molar-refractivity contribution in [2.45, 2.75) is 33.7 Å². The van der Waals surface area contributed by atoms with E-state index < -0.39 is 11.9 Å². The first-order valence-electron chi connectivity index (χ1n) is 10.8. The molecule has 0 aliphatic rings. The lowest BCUT2D eigenvalue weighted by molar-refractivity contribution is -0.118. The number of allylic oxidation sites excluding steroid dienone is 1. The van der Waals surface area contributed by atoms with Crippen LogP contribution in [0.15, 0.2) is 67.3 Å². The van der Waals surface area contributed by atoms with Crippen LogP contribution in [0.3, 0.4) is 0 Å². The van der Waals surface area contributed by atoms with Crippen molar-refractivity contribution in [3.05, 3.63) is 84.0 Å². The van der Waals surface area contributed by atoms with Gasteiger partial charge in [0.1, 0.15) is 0 Å². The highest BCUT2D eigenvalue weighted by atomic mass is 16.4. The van der Waals surface area contributed by atoms with Gasteiger partial charge in [-0.25, -0.2) is 4.79 Å². The van der Waals surface area contributed by atoms with Gasteiger partial charge in [-0.05, 0) is 50.7 Å². The Hall–Kier alpha value is -3.71. The van der Waals surface area contributed by atoms with Crippen LogP contribution in [-0.2, 0) is 4.79 Å². The highest BCUT2D eigenvalue weighted by molar-refractivity contribution is 6.06. The third kappa shape index (κ3) is 7.73. The van der Waals surface area contributed by atoms with Gasteiger partial charge in [0.15, 0.2) is 0 Å². The van der Waals surface area contributed by atoms with Gasteiger partial charge < -0.3 is 21.1 Å². The van der Waals surface area contributed by atoms with E-state index >= 15 is 0 Å². The summed E-state index contributed by atoms with van der Waals surface area (Å²) in [5.41, 5.74) is 1.72. The van der Waals surface area contributed by atoms with Gasteiger partial charge in [-0.2, -0.15) is 0 Å². The van der Waals surface area contributed by atoms with Crippen LogP contribution in [-0.4, -0.2) is 36.0 Å². The maximum absolute atomic E-state index is 12.8. The Morgan fingerprint density at radius 2 is 1.64 bits per heavy atom. The van der Waals surface area contributed by atoms with Crippen molar-refractivity contribution in [3.8, 4) is 0 Å². The number of carbonyl (C=O) groups is 3. The fourth-order valence-electron chi connectivity index (χ4n) is 3.17. The Labute approximate surface area is 195 Å². The summed E-state index contributed by atoms with van der Waals surface area (Å²) in [7, 11) is 1.73. The number of carbonyl (C=O) groups excluding carboxylic acids is 2. The van der Waals surface area contributed by atoms with Crippen LogP contribution in [0.4, 0.5) is 11.4 Å². The molecule has 2 amide bonds. The number of carboxylic acids is 1.